The number of nitrogens with zero attached hydrogens (tertiary/aromatic N) is 2. The van der Waals surface area contributed by atoms with Crippen molar-refractivity contribution in [1.82, 2.24) is 9.80 Å². The second-order valence-corrected chi connectivity index (χ2v) is 7.39. The SMILES string of the molecule is O=C(C1CC1)N(Cc1ccccc1)[C@@H]1CCN(Cc2ccccc2)C1. The Labute approximate surface area is 150 Å². The molecule has 2 aromatic rings. The molecule has 1 aliphatic heterocycles. The monoisotopic (exact) mass is 334 g/mol. The Hall–Kier alpha value is -2.13. The number of hydrogen-bond donors (Lipinski definition) is 0. The first-order chi connectivity index (χ1) is 12.3. The lowest BCUT2D eigenvalue weighted by molar-refractivity contribution is -0.135. The lowest BCUT2D eigenvalue weighted by Crippen LogP contribution is -2.42. The van der Waals surface area contributed by atoms with Crippen LogP contribution in [0.1, 0.15) is 30.4 Å². The highest BCUT2D eigenvalue weighted by Crippen LogP contribution is 2.33. The Bertz CT molecular complexity index is 696. The number of likely N-dealkylation sites (tertiary alicyclic amines) is 1. The van der Waals surface area contributed by atoms with Crippen LogP contribution in [0.4, 0.5) is 0 Å². The third-order valence-electron chi connectivity index (χ3n) is 5.34. The molecule has 0 aromatic heterocycles. The summed E-state index contributed by atoms with van der Waals surface area (Å²) in [4.78, 5) is 17.5. The minimum atomic E-state index is 0.284. The van der Waals surface area contributed by atoms with Crippen LogP contribution in [-0.2, 0) is 17.9 Å². The van der Waals surface area contributed by atoms with Gasteiger partial charge in [0.2, 0.25) is 5.91 Å². The first-order valence-corrected chi connectivity index (χ1v) is 9.40. The zero-order valence-corrected chi connectivity index (χ0v) is 14.7. The topological polar surface area (TPSA) is 23.6 Å². The molecule has 25 heavy (non-hydrogen) atoms. The second kappa shape index (κ2) is 7.40. The maximum atomic E-state index is 12.9. The van der Waals surface area contributed by atoms with Crippen LogP contribution in [-0.4, -0.2) is 34.8 Å². The van der Waals surface area contributed by atoms with Crippen molar-refractivity contribution in [3.63, 3.8) is 0 Å². The van der Waals surface area contributed by atoms with Crippen molar-refractivity contribution in [2.24, 2.45) is 5.92 Å². The van der Waals surface area contributed by atoms with E-state index in [1.54, 1.807) is 0 Å². The van der Waals surface area contributed by atoms with Crippen LogP contribution in [0.15, 0.2) is 60.7 Å². The zero-order valence-electron chi connectivity index (χ0n) is 14.7. The van der Waals surface area contributed by atoms with Crippen molar-refractivity contribution >= 4 is 5.91 Å². The summed E-state index contributed by atoms with van der Waals surface area (Å²) in [6.07, 6.45) is 3.23. The fourth-order valence-electron chi connectivity index (χ4n) is 3.78. The molecule has 0 radical (unpaired) electrons. The molecule has 0 bridgehead atoms. The largest absolute Gasteiger partial charge is 0.334 e. The summed E-state index contributed by atoms with van der Waals surface area (Å²) in [5, 5.41) is 0. The first-order valence-electron chi connectivity index (χ1n) is 9.40. The molecular weight excluding hydrogens is 308 g/mol. The number of carbonyl (C=O) groups excluding carboxylic acids is 1. The molecule has 1 amide bonds. The van der Waals surface area contributed by atoms with Crippen molar-refractivity contribution in [3.05, 3.63) is 71.8 Å². The van der Waals surface area contributed by atoms with E-state index in [-0.39, 0.29) is 5.92 Å². The number of hydrogen-bond acceptors (Lipinski definition) is 2. The van der Waals surface area contributed by atoms with Crippen LogP contribution in [0.2, 0.25) is 0 Å². The van der Waals surface area contributed by atoms with Crippen LogP contribution >= 0.6 is 0 Å². The summed E-state index contributed by atoms with van der Waals surface area (Å²) in [6.45, 7) is 3.79. The summed E-state index contributed by atoms with van der Waals surface area (Å²) in [5.41, 5.74) is 2.59. The van der Waals surface area contributed by atoms with E-state index in [9.17, 15) is 4.79 Å². The lowest BCUT2D eigenvalue weighted by atomic mass is 10.1. The molecule has 0 N–H and O–H groups in total. The molecule has 3 nitrogen and oxygen atoms in total. The van der Waals surface area contributed by atoms with Gasteiger partial charge in [0.15, 0.2) is 0 Å². The predicted molar refractivity (Wildman–Crippen MR) is 99.8 cm³/mol. The molecule has 1 atom stereocenters. The van der Waals surface area contributed by atoms with E-state index in [1.807, 2.05) is 6.07 Å². The molecule has 0 unspecified atom stereocenters. The van der Waals surface area contributed by atoms with Crippen LogP contribution in [0, 0.1) is 5.92 Å². The number of carbonyl (C=O) groups is 1. The van der Waals surface area contributed by atoms with Gasteiger partial charge in [0.1, 0.15) is 0 Å². The highest BCUT2D eigenvalue weighted by Gasteiger charge is 2.38. The van der Waals surface area contributed by atoms with E-state index >= 15 is 0 Å². The van der Waals surface area contributed by atoms with Gasteiger partial charge in [0, 0.05) is 38.1 Å². The zero-order chi connectivity index (χ0) is 17.1. The summed E-state index contributed by atoms with van der Waals surface area (Å²) in [6, 6.07) is 21.4. The van der Waals surface area contributed by atoms with Gasteiger partial charge in [-0.15, -0.1) is 0 Å². The Morgan fingerprint density at radius 3 is 2.20 bits per heavy atom. The van der Waals surface area contributed by atoms with Gasteiger partial charge in [-0.2, -0.15) is 0 Å². The van der Waals surface area contributed by atoms with Gasteiger partial charge < -0.3 is 4.90 Å². The molecule has 2 aliphatic rings. The Morgan fingerprint density at radius 2 is 1.56 bits per heavy atom. The maximum Gasteiger partial charge on any atom is 0.226 e. The van der Waals surface area contributed by atoms with E-state index < -0.39 is 0 Å². The van der Waals surface area contributed by atoms with E-state index in [0.717, 1.165) is 45.4 Å². The van der Waals surface area contributed by atoms with E-state index in [4.69, 9.17) is 0 Å². The highest BCUT2D eigenvalue weighted by atomic mass is 16.2. The summed E-state index contributed by atoms with van der Waals surface area (Å²) in [5.74, 6) is 0.655. The fraction of sp³-hybridized carbons (Fsp3) is 0.409. The lowest BCUT2D eigenvalue weighted by Gasteiger charge is -2.30. The summed E-state index contributed by atoms with van der Waals surface area (Å²) < 4.78 is 0. The normalized spacial score (nSPS) is 20.6. The predicted octanol–water partition coefficient (Wildman–Crippen LogP) is 3.70. The number of rotatable bonds is 6. The molecule has 2 fully saturated rings. The van der Waals surface area contributed by atoms with Gasteiger partial charge in [-0.25, -0.2) is 0 Å². The molecule has 1 aliphatic carbocycles. The first kappa shape index (κ1) is 16.3. The summed E-state index contributed by atoms with van der Waals surface area (Å²) in [7, 11) is 0. The minimum Gasteiger partial charge on any atom is -0.334 e. The Balaban J connectivity index is 1.43. The quantitative estimate of drug-likeness (QED) is 0.804. The second-order valence-electron chi connectivity index (χ2n) is 7.39. The summed E-state index contributed by atoms with van der Waals surface area (Å²) >= 11 is 0. The van der Waals surface area contributed by atoms with Crippen molar-refractivity contribution in [3.8, 4) is 0 Å². The maximum absolute atomic E-state index is 12.9. The molecule has 3 heteroatoms. The molecule has 0 spiro atoms. The van der Waals surface area contributed by atoms with Crippen LogP contribution < -0.4 is 0 Å². The van der Waals surface area contributed by atoms with Gasteiger partial charge >= 0.3 is 0 Å². The molecule has 4 rings (SSSR count). The molecule has 1 saturated heterocycles. The van der Waals surface area contributed by atoms with Crippen LogP contribution in [0.5, 0.6) is 0 Å². The molecular formula is C22H26N2O. The average molecular weight is 334 g/mol. The highest BCUT2D eigenvalue weighted by molar-refractivity contribution is 5.81. The van der Waals surface area contributed by atoms with Crippen molar-refractivity contribution in [1.29, 1.82) is 0 Å². The van der Waals surface area contributed by atoms with Crippen LogP contribution in [0.25, 0.3) is 0 Å². The van der Waals surface area contributed by atoms with Crippen molar-refractivity contribution in [2.45, 2.75) is 38.4 Å². The average Bonchev–Trinajstić information content (AvgIpc) is 3.41. The minimum absolute atomic E-state index is 0.284. The number of amides is 1. The Kier molecular flexibility index (Phi) is 4.84. The number of benzene rings is 2. The van der Waals surface area contributed by atoms with E-state index in [1.165, 1.54) is 11.1 Å². The van der Waals surface area contributed by atoms with Crippen LogP contribution in [0.3, 0.4) is 0 Å². The van der Waals surface area contributed by atoms with Crippen molar-refractivity contribution < 1.29 is 4.79 Å². The van der Waals surface area contributed by atoms with Gasteiger partial charge in [-0.05, 0) is 30.4 Å². The molecule has 130 valence electrons. The molecule has 1 saturated carbocycles. The van der Waals surface area contributed by atoms with Gasteiger partial charge in [-0.1, -0.05) is 60.7 Å². The smallest absolute Gasteiger partial charge is 0.226 e. The standard InChI is InChI=1S/C22H26N2O/c25-22(20-11-12-20)24(16-19-9-5-2-6-10-19)21-13-14-23(17-21)15-18-7-3-1-4-8-18/h1-10,20-21H,11-17H2/t21-/m1/s1. The third-order valence-corrected chi connectivity index (χ3v) is 5.34. The fourth-order valence-corrected chi connectivity index (χ4v) is 3.78. The van der Waals surface area contributed by atoms with Gasteiger partial charge in [0.25, 0.3) is 0 Å². The van der Waals surface area contributed by atoms with E-state index in [2.05, 4.69) is 64.4 Å². The Morgan fingerprint density at radius 1 is 0.920 bits per heavy atom. The molecule has 1 heterocycles. The van der Waals surface area contributed by atoms with E-state index in [0.29, 0.717) is 11.9 Å². The molecule has 2 aromatic carbocycles. The third kappa shape index (κ3) is 4.10. The van der Waals surface area contributed by atoms with Gasteiger partial charge in [0.05, 0.1) is 0 Å². The van der Waals surface area contributed by atoms with Crippen molar-refractivity contribution in [2.75, 3.05) is 13.1 Å². The van der Waals surface area contributed by atoms with Gasteiger partial charge in [-0.3, -0.25) is 9.69 Å².